The monoisotopic (exact) mass is 325 g/mol. The number of rotatable bonds is 5. The molecule has 0 radical (unpaired) electrons. The molecule has 4 heteroatoms. The summed E-state index contributed by atoms with van der Waals surface area (Å²) in [5.74, 6) is 1.30. The van der Waals surface area contributed by atoms with Gasteiger partial charge in [0.05, 0.1) is 0 Å². The van der Waals surface area contributed by atoms with E-state index in [0.717, 1.165) is 44.7 Å². The largest absolute Gasteiger partial charge is 0.342 e. The number of imidazole rings is 1. The number of hydrogen-bond donors (Lipinski definition) is 0. The Balaban J connectivity index is 1.56. The second-order valence-corrected chi connectivity index (χ2v) is 7.12. The van der Waals surface area contributed by atoms with Crippen LogP contribution in [-0.2, 0) is 16.8 Å². The molecule has 1 atom stereocenters. The first kappa shape index (κ1) is 16.7. The Morgan fingerprint density at radius 2 is 2.08 bits per heavy atom. The van der Waals surface area contributed by atoms with E-state index in [0.29, 0.717) is 6.42 Å². The van der Waals surface area contributed by atoms with Crippen LogP contribution in [0.4, 0.5) is 0 Å². The van der Waals surface area contributed by atoms with Crippen LogP contribution >= 0.6 is 0 Å². The first-order chi connectivity index (χ1) is 11.6. The summed E-state index contributed by atoms with van der Waals surface area (Å²) in [6, 6.07) is 10.6. The topological polar surface area (TPSA) is 38.1 Å². The van der Waals surface area contributed by atoms with E-state index in [-0.39, 0.29) is 11.3 Å². The minimum Gasteiger partial charge on any atom is -0.342 e. The maximum absolute atomic E-state index is 12.6. The number of piperidine rings is 1. The standard InChI is InChI=1S/C20H27N3O/c1-17-21-12-15-22(17)13-6-10-19(24)23-14-7-11-20(2,16-23)18-8-4-3-5-9-18/h3-5,8-9,12,15H,6-7,10-11,13-14,16H2,1-2H3/t20-/m1/s1. The number of likely N-dealkylation sites (tertiary alicyclic amines) is 1. The van der Waals surface area contributed by atoms with Crippen LogP contribution in [0.2, 0.25) is 0 Å². The first-order valence-electron chi connectivity index (χ1n) is 8.89. The number of benzene rings is 1. The smallest absolute Gasteiger partial charge is 0.222 e. The van der Waals surface area contributed by atoms with E-state index in [1.165, 1.54) is 5.56 Å². The third kappa shape index (κ3) is 3.69. The second kappa shape index (κ2) is 7.20. The molecule has 4 nitrogen and oxygen atoms in total. The van der Waals surface area contributed by atoms with Crippen LogP contribution in [0.25, 0.3) is 0 Å². The van der Waals surface area contributed by atoms with Gasteiger partial charge < -0.3 is 9.47 Å². The fourth-order valence-corrected chi connectivity index (χ4v) is 3.73. The van der Waals surface area contributed by atoms with Crippen molar-refractivity contribution < 1.29 is 4.79 Å². The van der Waals surface area contributed by atoms with Crippen molar-refractivity contribution in [3.05, 3.63) is 54.1 Å². The van der Waals surface area contributed by atoms with Crippen LogP contribution in [0.3, 0.4) is 0 Å². The molecule has 0 bridgehead atoms. The molecule has 1 saturated heterocycles. The average molecular weight is 325 g/mol. The minimum atomic E-state index is 0.0795. The first-order valence-corrected chi connectivity index (χ1v) is 8.89. The quantitative estimate of drug-likeness (QED) is 0.843. The van der Waals surface area contributed by atoms with Gasteiger partial charge in [0.1, 0.15) is 5.82 Å². The molecule has 1 aromatic heterocycles. The Morgan fingerprint density at radius 1 is 1.29 bits per heavy atom. The SMILES string of the molecule is Cc1nccn1CCCC(=O)N1CCC[C@@](C)(c2ccccc2)C1. The Labute approximate surface area is 144 Å². The molecule has 1 fully saturated rings. The lowest BCUT2D eigenvalue weighted by molar-refractivity contribution is -0.133. The predicted molar refractivity (Wildman–Crippen MR) is 95.8 cm³/mol. The summed E-state index contributed by atoms with van der Waals surface area (Å²) in [4.78, 5) is 18.9. The minimum absolute atomic E-state index is 0.0795. The van der Waals surface area contributed by atoms with E-state index in [4.69, 9.17) is 0 Å². The number of hydrogen-bond acceptors (Lipinski definition) is 2. The van der Waals surface area contributed by atoms with E-state index in [1.807, 2.05) is 19.3 Å². The molecule has 0 saturated carbocycles. The molecule has 3 rings (SSSR count). The molecule has 0 spiro atoms. The number of aromatic nitrogens is 2. The zero-order chi connectivity index (χ0) is 17.0. The van der Waals surface area contributed by atoms with Crippen LogP contribution in [0.1, 0.15) is 44.0 Å². The number of carbonyl (C=O) groups excluding carboxylic acids is 1. The van der Waals surface area contributed by atoms with Crippen molar-refractivity contribution in [3.8, 4) is 0 Å². The van der Waals surface area contributed by atoms with Crippen LogP contribution in [0.5, 0.6) is 0 Å². The molecule has 2 heterocycles. The molecule has 1 aromatic carbocycles. The zero-order valence-corrected chi connectivity index (χ0v) is 14.7. The normalized spacial score (nSPS) is 21.0. The summed E-state index contributed by atoms with van der Waals surface area (Å²) < 4.78 is 2.11. The van der Waals surface area contributed by atoms with Crippen LogP contribution in [0.15, 0.2) is 42.7 Å². The Kier molecular flexibility index (Phi) is 5.03. The van der Waals surface area contributed by atoms with Crippen LogP contribution in [0, 0.1) is 6.92 Å². The summed E-state index contributed by atoms with van der Waals surface area (Å²) in [6.45, 7) is 6.88. The van der Waals surface area contributed by atoms with Gasteiger partial charge in [-0.3, -0.25) is 4.79 Å². The van der Waals surface area contributed by atoms with E-state index in [1.54, 1.807) is 0 Å². The van der Waals surface area contributed by atoms with E-state index >= 15 is 0 Å². The lowest BCUT2D eigenvalue weighted by atomic mass is 9.76. The third-order valence-electron chi connectivity index (χ3n) is 5.23. The zero-order valence-electron chi connectivity index (χ0n) is 14.7. The lowest BCUT2D eigenvalue weighted by Crippen LogP contribution is -2.47. The highest BCUT2D eigenvalue weighted by Crippen LogP contribution is 2.33. The van der Waals surface area contributed by atoms with Gasteiger partial charge in [0.15, 0.2) is 0 Å². The van der Waals surface area contributed by atoms with Crippen molar-refractivity contribution in [2.75, 3.05) is 13.1 Å². The Morgan fingerprint density at radius 3 is 2.79 bits per heavy atom. The summed E-state index contributed by atoms with van der Waals surface area (Å²) in [5, 5.41) is 0. The molecule has 2 aromatic rings. The summed E-state index contributed by atoms with van der Waals surface area (Å²) in [7, 11) is 0. The third-order valence-corrected chi connectivity index (χ3v) is 5.23. The highest BCUT2D eigenvalue weighted by atomic mass is 16.2. The molecule has 0 aliphatic carbocycles. The van der Waals surface area contributed by atoms with Gasteiger partial charge in [-0.2, -0.15) is 0 Å². The van der Waals surface area contributed by atoms with Crippen molar-refractivity contribution in [2.45, 2.75) is 51.5 Å². The van der Waals surface area contributed by atoms with Crippen LogP contribution in [-0.4, -0.2) is 33.4 Å². The molecular weight excluding hydrogens is 298 g/mol. The van der Waals surface area contributed by atoms with Gasteiger partial charge in [-0.15, -0.1) is 0 Å². The molecule has 0 unspecified atom stereocenters. The molecule has 0 N–H and O–H groups in total. The Hall–Kier alpha value is -2.10. The van der Waals surface area contributed by atoms with Crippen LogP contribution < -0.4 is 0 Å². The molecular formula is C20H27N3O. The summed E-state index contributed by atoms with van der Waals surface area (Å²) >= 11 is 0. The average Bonchev–Trinajstić information content (AvgIpc) is 3.01. The van der Waals surface area contributed by atoms with E-state index in [9.17, 15) is 4.79 Å². The van der Waals surface area contributed by atoms with Crippen molar-refractivity contribution in [1.29, 1.82) is 0 Å². The van der Waals surface area contributed by atoms with Gasteiger partial charge in [-0.05, 0) is 31.7 Å². The van der Waals surface area contributed by atoms with Gasteiger partial charge in [0.25, 0.3) is 0 Å². The molecule has 24 heavy (non-hydrogen) atoms. The van der Waals surface area contributed by atoms with Gasteiger partial charge in [0.2, 0.25) is 5.91 Å². The maximum Gasteiger partial charge on any atom is 0.222 e. The lowest BCUT2D eigenvalue weighted by Gasteiger charge is -2.41. The van der Waals surface area contributed by atoms with Gasteiger partial charge in [-0.1, -0.05) is 37.3 Å². The Bertz CT molecular complexity index is 679. The van der Waals surface area contributed by atoms with Crippen molar-refractivity contribution in [1.82, 2.24) is 14.5 Å². The second-order valence-electron chi connectivity index (χ2n) is 7.12. The maximum atomic E-state index is 12.6. The van der Waals surface area contributed by atoms with Gasteiger partial charge in [0, 0.05) is 43.9 Å². The van der Waals surface area contributed by atoms with E-state index in [2.05, 4.69) is 51.7 Å². The van der Waals surface area contributed by atoms with Crippen molar-refractivity contribution in [3.63, 3.8) is 0 Å². The summed E-state index contributed by atoms with van der Waals surface area (Å²) in [5.41, 5.74) is 1.42. The molecule has 1 aliphatic heterocycles. The molecule has 1 aliphatic rings. The predicted octanol–water partition coefficient (Wildman–Crippen LogP) is 3.55. The fourth-order valence-electron chi connectivity index (χ4n) is 3.73. The summed E-state index contributed by atoms with van der Waals surface area (Å²) in [6.07, 6.45) is 7.50. The van der Waals surface area contributed by atoms with Crippen molar-refractivity contribution >= 4 is 5.91 Å². The molecule has 128 valence electrons. The number of carbonyl (C=O) groups is 1. The highest BCUT2D eigenvalue weighted by molar-refractivity contribution is 5.76. The van der Waals surface area contributed by atoms with E-state index < -0.39 is 0 Å². The van der Waals surface area contributed by atoms with Gasteiger partial charge in [-0.25, -0.2) is 4.98 Å². The molecule has 1 amide bonds. The van der Waals surface area contributed by atoms with Gasteiger partial charge >= 0.3 is 0 Å². The highest BCUT2D eigenvalue weighted by Gasteiger charge is 2.34. The fraction of sp³-hybridized carbons (Fsp3) is 0.500. The number of nitrogens with zero attached hydrogens (tertiary/aromatic N) is 3. The number of aryl methyl sites for hydroxylation is 2. The number of amides is 1. The van der Waals surface area contributed by atoms with Crippen molar-refractivity contribution in [2.24, 2.45) is 0 Å².